The number of halogens is 2. The highest BCUT2D eigenvalue weighted by molar-refractivity contribution is 5.10. The first kappa shape index (κ1) is 52.8. The molecule has 0 amide bonds. The molecule has 0 aromatic rings. The average Bonchev–Trinajstić information content (AvgIpc) is 3.02. The predicted molar refractivity (Wildman–Crippen MR) is 199 cm³/mol. The Hall–Kier alpha value is 0.440. The van der Waals surface area contributed by atoms with Crippen LogP contribution in [-0.2, 0) is 0 Å². The molecule has 0 aliphatic carbocycles. The number of nitrogens with zero attached hydrogens (tertiary/aromatic N) is 2. The van der Waals surface area contributed by atoms with Crippen LogP contribution in [0.5, 0.6) is 0 Å². The van der Waals surface area contributed by atoms with Gasteiger partial charge in [-0.3, -0.25) is 0 Å². The second-order valence-electron chi connectivity index (χ2n) is 14.4. The molecule has 1 atom stereocenters. The zero-order chi connectivity index (χ0) is 34.2. The number of likely N-dealkylation sites (N-methyl/N-ethyl adjacent to an activating group) is 2. The van der Waals surface area contributed by atoms with Crippen LogP contribution in [0.1, 0.15) is 136 Å². The highest BCUT2D eigenvalue weighted by Gasteiger charge is 2.21. The summed E-state index contributed by atoms with van der Waals surface area (Å²) in [6, 6.07) is 0. The first-order valence-corrected chi connectivity index (χ1v) is 19.4. The monoisotopic (exact) mass is 906 g/mol. The molecule has 6 nitrogen and oxygen atoms in total. The van der Waals surface area contributed by atoms with Crippen LogP contribution in [0, 0.1) is 5.92 Å². The molecule has 0 saturated carbocycles. The molecule has 0 radical (unpaired) electrons. The van der Waals surface area contributed by atoms with Crippen LogP contribution in [0.2, 0.25) is 0 Å². The van der Waals surface area contributed by atoms with Crippen molar-refractivity contribution in [3.63, 3.8) is 0 Å². The molecule has 0 spiro atoms. The normalized spacial score (nSPS) is 13.3. The summed E-state index contributed by atoms with van der Waals surface area (Å²) in [6.07, 6.45) is 35.3. The van der Waals surface area contributed by atoms with E-state index in [1.54, 1.807) is 5.57 Å². The van der Waals surface area contributed by atoms with Gasteiger partial charge in [-0.05, 0) is 83.0 Å². The van der Waals surface area contributed by atoms with E-state index in [1.807, 2.05) is 0 Å². The summed E-state index contributed by atoms with van der Waals surface area (Å²) in [5.41, 5.74) is 1.68. The summed E-state index contributed by atoms with van der Waals surface area (Å²) in [7, 11) is 4.32. The SMILES string of the molecule is CCCC/C=C/C/C=C(/CCCCCC[N+](C)(CCO)CCO)C(CC/C=C/CCCC)CCCCCC[N+](C)(CCO)CCO.[I-].[I-]. The van der Waals surface area contributed by atoms with Gasteiger partial charge in [-0.1, -0.05) is 94.7 Å². The Morgan fingerprint density at radius 1 is 0.500 bits per heavy atom. The van der Waals surface area contributed by atoms with Gasteiger partial charge in [-0.25, -0.2) is 0 Å². The lowest BCUT2D eigenvalue weighted by Crippen LogP contribution is -3.00. The quantitative estimate of drug-likeness (QED) is 0.0345. The lowest BCUT2D eigenvalue weighted by Gasteiger charge is -2.33. The zero-order valence-electron chi connectivity index (χ0n) is 31.9. The molecule has 4 N–H and O–H groups in total. The largest absolute Gasteiger partial charge is 1.00 e. The maximum absolute atomic E-state index is 9.48. The standard InChI is InChI=1S/C40H80N2O4.2HI/c1-5-7-9-11-13-19-25-39(27-21-15-17-23-29-41(3,31-35-43)32-36-44)40(26-20-14-12-10-8-6-2)28-22-16-18-24-30-42(4,33-37-45)34-38-46;;/h11-14,25,40,43-46H,5-10,15-24,26-38H2,1-4H3;2*1H/q+2;;/p-2/b13-11+,14-12+,39-25-;;. The molecule has 8 heteroatoms. The third-order valence-corrected chi connectivity index (χ3v) is 9.98. The van der Waals surface area contributed by atoms with E-state index in [9.17, 15) is 20.4 Å². The molecule has 1 unspecified atom stereocenters. The molecule has 0 aliphatic rings. The van der Waals surface area contributed by atoms with Gasteiger partial charge in [0, 0.05) is 0 Å². The van der Waals surface area contributed by atoms with Gasteiger partial charge in [0.15, 0.2) is 0 Å². The summed E-state index contributed by atoms with van der Waals surface area (Å²) in [4.78, 5) is 0. The fourth-order valence-electron chi connectivity index (χ4n) is 6.65. The minimum Gasteiger partial charge on any atom is -1.00 e. The second-order valence-corrected chi connectivity index (χ2v) is 14.4. The van der Waals surface area contributed by atoms with Gasteiger partial charge < -0.3 is 77.3 Å². The minimum absolute atomic E-state index is 0. The number of unbranched alkanes of at least 4 members (excludes halogenated alkanes) is 10. The number of aliphatic hydroxyl groups is 4. The Kier molecular flexibility index (Phi) is 40.9. The molecule has 288 valence electrons. The zero-order valence-corrected chi connectivity index (χ0v) is 36.2. The van der Waals surface area contributed by atoms with E-state index in [-0.39, 0.29) is 74.4 Å². The third-order valence-electron chi connectivity index (χ3n) is 9.98. The fraction of sp³-hybridized carbons (Fsp3) is 0.850. The molecular weight excluding hydrogens is 826 g/mol. The van der Waals surface area contributed by atoms with Gasteiger partial charge in [0.25, 0.3) is 0 Å². The van der Waals surface area contributed by atoms with Crippen LogP contribution < -0.4 is 48.0 Å². The molecule has 0 aromatic heterocycles. The molecule has 0 bridgehead atoms. The van der Waals surface area contributed by atoms with Crippen molar-refractivity contribution in [3.8, 4) is 0 Å². The molecule has 0 heterocycles. The maximum Gasteiger partial charge on any atom is 0.102 e. The van der Waals surface area contributed by atoms with E-state index in [4.69, 9.17) is 0 Å². The molecule has 48 heavy (non-hydrogen) atoms. The second kappa shape index (κ2) is 37.2. The molecule has 0 saturated heterocycles. The molecule has 0 aromatic carbocycles. The molecule has 0 rings (SSSR count). The van der Waals surface area contributed by atoms with Gasteiger partial charge in [-0.2, -0.15) is 0 Å². The van der Waals surface area contributed by atoms with Crippen molar-refractivity contribution in [3.05, 3.63) is 36.0 Å². The van der Waals surface area contributed by atoms with Crippen LogP contribution in [0.25, 0.3) is 0 Å². The Balaban J connectivity index is -0.0000101. The minimum atomic E-state index is 0. The van der Waals surface area contributed by atoms with Crippen LogP contribution in [0.3, 0.4) is 0 Å². The van der Waals surface area contributed by atoms with Gasteiger partial charge in [0.2, 0.25) is 0 Å². The van der Waals surface area contributed by atoms with E-state index >= 15 is 0 Å². The van der Waals surface area contributed by atoms with Crippen molar-refractivity contribution < 1.29 is 77.3 Å². The van der Waals surface area contributed by atoms with Gasteiger partial charge >= 0.3 is 0 Å². The van der Waals surface area contributed by atoms with Crippen molar-refractivity contribution in [1.82, 2.24) is 0 Å². The molecule has 0 fully saturated rings. The number of rotatable bonds is 34. The Morgan fingerprint density at radius 3 is 1.42 bits per heavy atom. The smallest absolute Gasteiger partial charge is 0.102 e. The summed E-state index contributed by atoms with van der Waals surface area (Å²) >= 11 is 0. The van der Waals surface area contributed by atoms with Crippen LogP contribution >= 0.6 is 0 Å². The number of quaternary nitrogens is 2. The van der Waals surface area contributed by atoms with E-state index in [0.717, 1.165) is 67.5 Å². The van der Waals surface area contributed by atoms with Crippen LogP contribution in [0.4, 0.5) is 0 Å². The number of hydrogen-bond acceptors (Lipinski definition) is 4. The summed E-state index contributed by atoms with van der Waals surface area (Å²) in [6.45, 7) is 10.2. The summed E-state index contributed by atoms with van der Waals surface area (Å²) < 4.78 is 1.53. The average molecular weight is 907 g/mol. The lowest BCUT2D eigenvalue weighted by molar-refractivity contribution is -0.910. The molecule has 0 aliphatic heterocycles. The number of allylic oxidation sites excluding steroid dienone is 6. The fourth-order valence-corrected chi connectivity index (χ4v) is 6.65. The topological polar surface area (TPSA) is 80.9 Å². The predicted octanol–water partition coefficient (Wildman–Crippen LogP) is 1.96. The number of aliphatic hydroxyl groups excluding tert-OH is 4. The maximum atomic E-state index is 9.48. The van der Waals surface area contributed by atoms with Crippen molar-refractivity contribution in [2.24, 2.45) is 5.92 Å². The first-order valence-electron chi connectivity index (χ1n) is 19.4. The van der Waals surface area contributed by atoms with E-state index < -0.39 is 0 Å². The van der Waals surface area contributed by atoms with E-state index in [0.29, 0.717) is 5.92 Å². The van der Waals surface area contributed by atoms with Crippen LogP contribution in [0.15, 0.2) is 36.0 Å². The highest BCUT2D eigenvalue weighted by atomic mass is 127. The first-order chi connectivity index (χ1) is 22.3. The summed E-state index contributed by atoms with van der Waals surface area (Å²) in [5.74, 6) is 0.652. The summed E-state index contributed by atoms with van der Waals surface area (Å²) in [5, 5.41) is 37.9. The van der Waals surface area contributed by atoms with Gasteiger partial charge in [-0.15, -0.1) is 0 Å². The van der Waals surface area contributed by atoms with Crippen LogP contribution in [-0.4, -0.2) is 109 Å². The van der Waals surface area contributed by atoms with Gasteiger partial charge in [0.05, 0.1) is 53.6 Å². The van der Waals surface area contributed by atoms with Crippen molar-refractivity contribution >= 4 is 0 Å². The Morgan fingerprint density at radius 2 is 0.938 bits per heavy atom. The van der Waals surface area contributed by atoms with Crippen molar-refractivity contribution in [2.75, 3.05) is 79.8 Å². The van der Waals surface area contributed by atoms with Crippen molar-refractivity contribution in [2.45, 2.75) is 136 Å². The van der Waals surface area contributed by atoms with Crippen molar-refractivity contribution in [1.29, 1.82) is 0 Å². The van der Waals surface area contributed by atoms with Gasteiger partial charge in [0.1, 0.15) is 26.2 Å². The molecular formula is C40H80I2N2O4. The Bertz CT molecular complexity index is 752. The van der Waals surface area contributed by atoms with E-state index in [1.165, 1.54) is 103 Å². The highest BCUT2D eigenvalue weighted by Crippen LogP contribution is 2.29. The third kappa shape index (κ3) is 30.1. The Labute approximate surface area is 332 Å². The number of hydrogen-bond donors (Lipinski definition) is 4. The van der Waals surface area contributed by atoms with E-state index in [2.05, 4.69) is 58.3 Å². The lowest BCUT2D eigenvalue weighted by atomic mass is 9.85.